The number of nitrogens with zero attached hydrogens (tertiary/aromatic N) is 5. The van der Waals surface area contributed by atoms with Crippen molar-refractivity contribution in [2.45, 2.75) is 0 Å². The summed E-state index contributed by atoms with van der Waals surface area (Å²) in [5, 5.41) is 11.8. The quantitative estimate of drug-likeness (QED) is 0.182. The van der Waals surface area contributed by atoms with Gasteiger partial charge in [0.2, 0.25) is 5.95 Å². The number of hydrogen-bond acceptors (Lipinski definition) is 3. The lowest BCUT2D eigenvalue weighted by molar-refractivity contribution is 0.954. The molecule has 0 aliphatic heterocycles. The Morgan fingerprint density at radius 3 is 1.79 bits per heavy atom. The van der Waals surface area contributed by atoms with Crippen molar-refractivity contribution in [3.8, 4) is 34.4 Å². The fraction of sp³-hybridized carbons (Fsp3) is 0. The van der Waals surface area contributed by atoms with Crippen molar-refractivity contribution in [1.29, 1.82) is 0 Å². The molecule has 0 saturated carbocycles. The lowest BCUT2D eigenvalue weighted by Crippen LogP contribution is -2.06. The Labute approximate surface area is 321 Å². The average molecular weight is 714 g/mol. The molecule has 0 amide bonds. The molecular weight excluding hydrogens is 683 g/mol. The van der Waals surface area contributed by atoms with Crippen molar-refractivity contribution in [3.63, 3.8) is 0 Å². The summed E-state index contributed by atoms with van der Waals surface area (Å²) in [5.41, 5.74) is 7.46. The Morgan fingerprint density at radius 1 is 0.321 bits per heavy atom. The van der Waals surface area contributed by atoms with Crippen LogP contribution in [0.4, 0.5) is 0 Å². The Bertz CT molecular complexity index is 3540. The van der Waals surface area contributed by atoms with E-state index in [-0.39, 0.29) is 0 Å². The minimum atomic E-state index is 0.577. The first kappa shape index (κ1) is 30.8. The highest BCUT2D eigenvalue weighted by molar-refractivity contribution is 6.19. The van der Waals surface area contributed by atoms with E-state index >= 15 is 0 Å². The van der Waals surface area contributed by atoms with Gasteiger partial charge in [0.05, 0.1) is 22.1 Å². The standard InChI is InChI=1S/C51H31N5/c1-2-15-34(16-3-1)49-52-50(42-23-12-19-32-13-6-8-20-38(32)42)54-51(53-49)56-46-28-26-37(31-44(46)43-29-35-17-4-5-18-36(35)30-47(43)56)55-45-24-11-10-22-40(45)41-27-25-33-14-7-9-21-39(33)48(41)55/h1-31H. The molecule has 0 aliphatic rings. The van der Waals surface area contributed by atoms with Gasteiger partial charge in [-0.1, -0.05) is 152 Å². The highest BCUT2D eigenvalue weighted by Crippen LogP contribution is 2.40. The van der Waals surface area contributed by atoms with Crippen LogP contribution in [-0.4, -0.2) is 24.1 Å². The van der Waals surface area contributed by atoms with Crippen molar-refractivity contribution in [1.82, 2.24) is 24.1 Å². The van der Waals surface area contributed by atoms with Gasteiger partial charge in [-0.2, -0.15) is 9.97 Å². The highest BCUT2D eigenvalue weighted by Gasteiger charge is 2.21. The van der Waals surface area contributed by atoms with Gasteiger partial charge < -0.3 is 4.57 Å². The molecule has 0 saturated heterocycles. The van der Waals surface area contributed by atoms with Crippen LogP contribution >= 0.6 is 0 Å². The van der Waals surface area contributed by atoms with Crippen LogP contribution in [-0.2, 0) is 0 Å². The number of benzene rings is 9. The smallest absolute Gasteiger partial charge is 0.238 e. The molecule has 0 fully saturated rings. The molecule has 5 heteroatoms. The predicted molar refractivity (Wildman–Crippen MR) is 232 cm³/mol. The fourth-order valence-corrected chi connectivity index (χ4v) is 8.77. The van der Waals surface area contributed by atoms with Gasteiger partial charge in [-0.05, 0) is 63.3 Å². The molecule has 56 heavy (non-hydrogen) atoms. The third-order valence-corrected chi connectivity index (χ3v) is 11.3. The summed E-state index contributed by atoms with van der Waals surface area (Å²) in [6.07, 6.45) is 0. The van der Waals surface area contributed by atoms with Gasteiger partial charge >= 0.3 is 0 Å². The second-order valence-corrected chi connectivity index (χ2v) is 14.5. The maximum absolute atomic E-state index is 5.33. The largest absolute Gasteiger partial charge is 0.309 e. The second kappa shape index (κ2) is 11.9. The number of para-hydroxylation sites is 1. The van der Waals surface area contributed by atoms with E-state index in [1.807, 2.05) is 18.2 Å². The summed E-state index contributed by atoms with van der Waals surface area (Å²) in [7, 11) is 0. The van der Waals surface area contributed by atoms with E-state index in [2.05, 4.69) is 179 Å². The molecule has 0 radical (unpaired) electrons. The van der Waals surface area contributed by atoms with Crippen LogP contribution in [0.5, 0.6) is 0 Å². The number of rotatable bonds is 4. The zero-order valence-corrected chi connectivity index (χ0v) is 30.1. The second-order valence-electron chi connectivity index (χ2n) is 14.5. The van der Waals surface area contributed by atoms with Crippen molar-refractivity contribution in [2.24, 2.45) is 0 Å². The average Bonchev–Trinajstić information content (AvgIpc) is 3.77. The zero-order valence-electron chi connectivity index (χ0n) is 30.1. The van der Waals surface area contributed by atoms with Gasteiger partial charge in [0.15, 0.2) is 11.6 Å². The minimum absolute atomic E-state index is 0.577. The summed E-state index contributed by atoms with van der Waals surface area (Å²) >= 11 is 0. The lowest BCUT2D eigenvalue weighted by Gasteiger charge is -2.13. The SMILES string of the molecule is c1ccc(-c2nc(-c3cccc4ccccc34)nc(-n3c4ccc(-n5c6ccccc6c6ccc7ccccc7c65)cc4c4cc5ccccc5cc43)n2)cc1. The number of fused-ring (bicyclic) bond motifs is 10. The summed E-state index contributed by atoms with van der Waals surface area (Å²) in [6, 6.07) is 66.9. The Morgan fingerprint density at radius 2 is 0.946 bits per heavy atom. The molecule has 0 atom stereocenters. The zero-order chi connectivity index (χ0) is 36.7. The molecule has 0 unspecified atom stereocenters. The van der Waals surface area contributed by atoms with Gasteiger partial charge in [-0.3, -0.25) is 4.57 Å². The highest BCUT2D eigenvalue weighted by atomic mass is 15.2. The first-order valence-electron chi connectivity index (χ1n) is 19.0. The van der Waals surface area contributed by atoms with Crippen LogP contribution in [0.2, 0.25) is 0 Å². The molecule has 5 nitrogen and oxygen atoms in total. The van der Waals surface area contributed by atoms with Crippen LogP contribution in [0.3, 0.4) is 0 Å². The summed E-state index contributed by atoms with van der Waals surface area (Å²) in [5.74, 6) is 1.84. The van der Waals surface area contributed by atoms with E-state index in [4.69, 9.17) is 15.0 Å². The van der Waals surface area contributed by atoms with Crippen molar-refractivity contribution < 1.29 is 0 Å². The van der Waals surface area contributed by atoms with Crippen LogP contribution in [0, 0.1) is 0 Å². The van der Waals surface area contributed by atoms with Gasteiger partial charge in [-0.25, -0.2) is 4.98 Å². The molecule has 3 heterocycles. The van der Waals surface area contributed by atoms with E-state index in [1.54, 1.807) is 0 Å². The molecule has 260 valence electrons. The Kier molecular flexibility index (Phi) is 6.56. The molecular formula is C51H31N5. The topological polar surface area (TPSA) is 48.5 Å². The van der Waals surface area contributed by atoms with Gasteiger partial charge in [-0.15, -0.1) is 0 Å². The van der Waals surface area contributed by atoms with Gasteiger partial charge in [0, 0.05) is 43.7 Å². The first-order chi connectivity index (χ1) is 27.8. The van der Waals surface area contributed by atoms with Crippen LogP contribution in [0.1, 0.15) is 0 Å². The van der Waals surface area contributed by atoms with E-state index < -0.39 is 0 Å². The molecule has 12 aromatic rings. The fourth-order valence-electron chi connectivity index (χ4n) is 8.77. The van der Waals surface area contributed by atoms with Crippen LogP contribution in [0.25, 0.3) is 110 Å². The molecule has 12 rings (SSSR count). The van der Waals surface area contributed by atoms with E-state index in [9.17, 15) is 0 Å². The maximum Gasteiger partial charge on any atom is 0.238 e. The number of aromatic nitrogens is 5. The van der Waals surface area contributed by atoms with Crippen LogP contribution < -0.4 is 0 Å². The molecule has 0 bridgehead atoms. The maximum atomic E-state index is 5.33. The Hall–Kier alpha value is -7.63. The first-order valence-corrected chi connectivity index (χ1v) is 19.0. The van der Waals surface area contributed by atoms with Crippen molar-refractivity contribution in [2.75, 3.05) is 0 Å². The molecule has 0 aliphatic carbocycles. The summed E-state index contributed by atoms with van der Waals surface area (Å²) in [6.45, 7) is 0. The summed E-state index contributed by atoms with van der Waals surface area (Å²) in [4.78, 5) is 15.7. The van der Waals surface area contributed by atoms with Crippen LogP contribution in [0.15, 0.2) is 188 Å². The van der Waals surface area contributed by atoms with E-state index in [1.165, 1.54) is 38.0 Å². The molecule has 0 spiro atoms. The minimum Gasteiger partial charge on any atom is -0.309 e. The van der Waals surface area contributed by atoms with Crippen molar-refractivity contribution in [3.05, 3.63) is 188 Å². The van der Waals surface area contributed by atoms with E-state index in [0.717, 1.165) is 54.8 Å². The van der Waals surface area contributed by atoms with Gasteiger partial charge in [0.1, 0.15) is 0 Å². The molecule has 9 aromatic carbocycles. The monoisotopic (exact) mass is 713 g/mol. The van der Waals surface area contributed by atoms with E-state index in [0.29, 0.717) is 17.6 Å². The predicted octanol–water partition coefficient (Wildman–Crippen LogP) is 12.9. The third-order valence-electron chi connectivity index (χ3n) is 11.3. The normalized spacial score (nSPS) is 11.9. The number of hydrogen-bond donors (Lipinski definition) is 0. The summed E-state index contributed by atoms with van der Waals surface area (Å²) < 4.78 is 4.66. The lowest BCUT2D eigenvalue weighted by atomic mass is 10.0. The van der Waals surface area contributed by atoms with Gasteiger partial charge in [0.25, 0.3) is 0 Å². The molecule has 0 N–H and O–H groups in total. The Balaban J connectivity index is 1.18. The molecule has 3 aromatic heterocycles. The van der Waals surface area contributed by atoms with Crippen molar-refractivity contribution >= 4 is 75.9 Å². The third kappa shape index (κ3) is 4.58.